The molecule has 1 saturated heterocycles. The SMILES string of the molecule is Cc1cc(O[C@H]2OCCO[C@@H]2Oc2ccc(Cl)cc2C)ccc1Cl. The first-order valence-corrected chi connectivity index (χ1v) is 8.37. The summed E-state index contributed by atoms with van der Waals surface area (Å²) in [5.74, 6) is 1.32. The Bertz CT molecular complexity index is 720. The second kappa shape index (κ2) is 7.62. The third-order valence-corrected chi connectivity index (χ3v) is 4.29. The normalized spacial score (nSPS) is 20.7. The molecule has 0 radical (unpaired) electrons. The maximum Gasteiger partial charge on any atom is 0.263 e. The van der Waals surface area contributed by atoms with Crippen LogP contribution >= 0.6 is 23.2 Å². The first-order valence-electron chi connectivity index (χ1n) is 7.62. The van der Waals surface area contributed by atoms with E-state index in [0.717, 1.165) is 11.1 Å². The van der Waals surface area contributed by atoms with Gasteiger partial charge in [-0.15, -0.1) is 0 Å². The summed E-state index contributed by atoms with van der Waals surface area (Å²) < 4.78 is 23.1. The van der Waals surface area contributed by atoms with E-state index in [1.807, 2.05) is 26.0 Å². The highest BCUT2D eigenvalue weighted by molar-refractivity contribution is 6.31. The second-order valence-electron chi connectivity index (χ2n) is 5.53. The van der Waals surface area contributed by atoms with E-state index in [4.69, 9.17) is 42.1 Å². The number of halogens is 2. The van der Waals surface area contributed by atoms with Crippen LogP contribution in [0.25, 0.3) is 0 Å². The first kappa shape index (κ1) is 17.4. The Morgan fingerprint density at radius 2 is 1.58 bits per heavy atom. The van der Waals surface area contributed by atoms with Crippen LogP contribution in [0.3, 0.4) is 0 Å². The molecule has 1 heterocycles. The average molecular weight is 369 g/mol. The van der Waals surface area contributed by atoms with Crippen molar-refractivity contribution in [2.75, 3.05) is 13.2 Å². The van der Waals surface area contributed by atoms with E-state index in [1.54, 1.807) is 24.3 Å². The van der Waals surface area contributed by atoms with Crippen molar-refractivity contribution in [3.8, 4) is 11.5 Å². The third-order valence-electron chi connectivity index (χ3n) is 3.63. The zero-order valence-electron chi connectivity index (χ0n) is 13.4. The molecule has 24 heavy (non-hydrogen) atoms. The van der Waals surface area contributed by atoms with Gasteiger partial charge in [0.15, 0.2) is 0 Å². The summed E-state index contributed by atoms with van der Waals surface area (Å²) in [5, 5.41) is 1.35. The van der Waals surface area contributed by atoms with Gasteiger partial charge in [-0.2, -0.15) is 0 Å². The van der Waals surface area contributed by atoms with Crippen LogP contribution in [-0.2, 0) is 9.47 Å². The summed E-state index contributed by atoms with van der Waals surface area (Å²) in [7, 11) is 0. The summed E-state index contributed by atoms with van der Waals surface area (Å²) in [6, 6.07) is 10.8. The highest BCUT2D eigenvalue weighted by Gasteiger charge is 2.31. The first-order chi connectivity index (χ1) is 11.5. The van der Waals surface area contributed by atoms with Gasteiger partial charge in [0, 0.05) is 10.0 Å². The molecule has 1 aliphatic heterocycles. The molecule has 0 aromatic heterocycles. The van der Waals surface area contributed by atoms with Gasteiger partial charge in [0.25, 0.3) is 12.6 Å². The zero-order valence-corrected chi connectivity index (χ0v) is 14.9. The van der Waals surface area contributed by atoms with E-state index < -0.39 is 12.6 Å². The standard InChI is InChI=1S/C18H18Cl2O4/c1-11-10-14(4-5-15(11)20)23-17-18(22-8-7-21-17)24-16-6-3-13(19)9-12(16)2/h3-6,9-10,17-18H,7-8H2,1-2H3/t17-,18-/m1/s1. The molecule has 0 unspecified atom stereocenters. The highest BCUT2D eigenvalue weighted by atomic mass is 35.5. The van der Waals surface area contributed by atoms with Crippen LogP contribution in [0.1, 0.15) is 11.1 Å². The lowest BCUT2D eigenvalue weighted by Gasteiger charge is -2.32. The molecule has 1 aliphatic rings. The fourth-order valence-electron chi connectivity index (χ4n) is 2.36. The van der Waals surface area contributed by atoms with Crippen LogP contribution in [-0.4, -0.2) is 25.8 Å². The molecule has 0 saturated carbocycles. The lowest BCUT2D eigenvalue weighted by molar-refractivity contribution is -0.271. The van der Waals surface area contributed by atoms with Gasteiger partial charge in [-0.05, 0) is 61.4 Å². The number of hydrogen-bond acceptors (Lipinski definition) is 4. The van der Waals surface area contributed by atoms with Gasteiger partial charge in [-0.3, -0.25) is 0 Å². The van der Waals surface area contributed by atoms with E-state index in [9.17, 15) is 0 Å². The molecule has 4 nitrogen and oxygen atoms in total. The lowest BCUT2D eigenvalue weighted by atomic mass is 10.2. The molecule has 3 rings (SSSR count). The summed E-state index contributed by atoms with van der Waals surface area (Å²) in [6.45, 7) is 4.72. The molecule has 0 bridgehead atoms. The number of benzene rings is 2. The van der Waals surface area contributed by atoms with E-state index in [2.05, 4.69) is 0 Å². The minimum atomic E-state index is -0.672. The molecule has 6 heteroatoms. The Hall–Kier alpha value is -1.46. The van der Waals surface area contributed by atoms with E-state index in [0.29, 0.717) is 34.8 Å². The van der Waals surface area contributed by atoms with Crippen LogP contribution < -0.4 is 9.47 Å². The van der Waals surface area contributed by atoms with Gasteiger partial charge < -0.3 is 18.9 Å². The van der Waals surface area contributed by atoms with E-state index >= 15 is 0 Å². The fourth-order valence-corrected chi connectivity index (χ4v) is 2.70. The van der Waals surface area contributed by atoms with Crippen LogP contribution in [0.2, 0.25) is 10.0 Å². The molecule has 0 amide bonds. The quantitative estimate of drug-likeness (QED) is 0.778. The number of rotatable bonds is 4. The minimum Gasteiger partial charge on any atom is -0.458 e. The summed E-state index contributed by atoms with van der Waals surface area (Å²) in [5.41, 5.74) is 1.84. The maximum atomic E-state index is 6.04. The number of ether oxygens (including phenoxy) is 4. The zero-order chi connectivity index (χ0) is 17.1. The Kier molecular flexibility index (Phi) is 5.51. The number of hydrogen-bond donors (Lipinski definition) is 0. The molecular weight excluding hydrogens is 351 g/mol. The molecule has 1 fully saturated rings. The van der Waals surface area contributed by atoms with Crippen molar-refractivity contribution in [3.63, 3.8) is 0 Å². The van der Waals surface area contributed by atoms with Gasteiger partial charge in [0.2, 0.25) is 0 Å². The summed E-state index contributed by atoms with van der Waals surface area (Å²) >= 11 is 12.0. The Labute approximate surface area is 151 Å². The van der Waals surface area contributed by atoms with Gasteiger partial charge in [-0.1, -0.05) is 23.2 Å². The molecule has 0 aliphatic carbocycles. The fraction of sp³-hybridized carbons (Fsp3) is 0.333. The highest BCUT2D eigenvalue weighted by Crippen LogP contribution is 2.27. The van der Waals surface area contributed by atoms with Crippen LogP contribution in [0.4, 0.5) is 0 Å². The van der Waals surface area contributed by atoms with Crippen molar-refractivity contribution in [1.82, 2.24) is 0 Å². The van der Waals surface area contributed by atoms with E-state index in [-0.39, 0.29) is 0 Å². The predicted octanol–water partition coefficient (Wildman–Crippen LogP) is 4.77. The van der Waals surface area contributed by atoms with Crippen LogP contribution in [0.15, 0.2) is 36.4 Å². The summed E-state index contributed by atoms with van der Waals surface area (Å²) in [6.07, 6.45) is -1.34. The molecule has 2 atom stereocenters. The van der Waals surface area contributed by atoms with Crippen molar-refractivity contribution in [2.24, 2.45) is 0 Å². The van der Waals surface area contributed by atoms with Crippen molar-refractivity contribution >= 4 is 23.2 Å². The second-order valence-corrected chi connectivity index (χ2v) is 6.38. The average Bonchev–Trinajstić information content (AvgIpc) is 2.55. The predicted molar refractivity (Wildman–Crippen MR) is 93.1 cm³/mol. The van der Waals surface area contributed by atoms with Gasteiger partial charge in [0.05, 0.1) is 13.2 Å². The molecule has 2 aromatic rings. The van der Waals surface area contributed by atoms with Crippen molar-refractivity contribution in [2.45, 2.75) is 26.4 Å². The van der Waals surface area contributed by atoms with Crippen LogP contribution in [0.5, 0.6) is 11.5 Å². The smallest absolute Gasteiger partial charge is 0.263 e. The Balaban J connectivity index is 1.74. The van der Waals surface area contributed by atoms with Gasteiger partial charge in [0.1, 0.15) is 11.5 Å². The monoisotopic (exact) mass is 368 g/mol. The molecular formula is C18H18Cl2O4. The number of aryl methyl sites for hydroxylation is 2. The van der Waals surface area contributed by atoms with Crippen molar-refractivity contribution < 1.29 is 18.9 Å². The molecule has 0 N–H and O–H groups in total. The van der Waals surface area contributed by atoms with E-state index in [1.165, 1.54) is 0 Å². The maximum absolute atomic E-state index is 6.04. The molecule has 0 spiro atoms. The third kappa shape index (κ3) is 4.14. The minimum absolute atomic E-state index is 0.441. The lowest BCUT2D eigenvalue weighted by Crippen LogP contribution is -2.45. The topological polar surface area (TPSA) is 36.9 Å². The van der Waals surface area contributed by atoms with Crippen molar-refractivity contribution in [3.05, 3.63) is 57.6 Å². The molecule has 2 aromatic carbocycles. The Morgan fingerprint density at radius 1 is 0.875 bits per heavy atom. The summed E-state index contributed by atoms with van der Waals surface area (Å²) in [4.78, 5) is 0. The molecule has 128 valence electrons. The van der Waals surface area contributed by atoms with Gasteiger partial charge >= 0.3 is 0 Å². The van der Waals surface area contributed by atoms with Gasteiger partial charge in [-0.25, -0.2) is 0 Å². The largest absolute Gasteiger partial charge is 0.458 e. The van der Waals surface area contributed by atoms with Crippen molar-refractivity contribution in [1.29, 1.82) is 0 Å². The van der Waals surface area contributed by atoms with Crippen LogP contribution in [0, 0.1) is 13.8 Å². The Morgan fingerprint density at radius 3 is 2.25 bits per heavy atom.